The number of hydrogen-bond donors (Lipinski definition) is 2. The minimum atomic E-state index is -0.957. The van der Waals surface area contributed by atoms with E-state index in [4.69, 9.17) is 16.2 Å². The molecule has 1 aromatic carbocycles. The van der Waals surface area contributed by atoms with E-state index in [0.717, 1.165) is 0 Å². The molecule has 17 heavy (non-hydrogen) atoms. The van der Waals surface area contributed by atoms with Crippen LogP contribution in [0.25, 0.3) is 0 Å². The van der Waals surface area contributed by atoms with Crippen molar-refractivity contribution in [2.45, 2.75) is 6.04 Å². The van der Waals surface area contributed by atoms with Crippen LogP contribution in [0.3, 0.4) is 0 Å². The van der Waals surface area contributed by atoms with Crippen molar-refractivity contribution in [3.05, 3.63) is 32.8 Å². The molecule has 0 saturated carbocycles. The number of nitro benzene ring substituents is 1. The Morgan fingerprint density at radius 2 is 2.24 bits per heavy atom. The van der Waals surface area contributed by atoms with Gasteiger partial charge in [0, 0.05) is 6.07 Å². The fourth-order valence-electron chi connectivity index (χ4n) is 1.01. The van der Waals surface area contributed by atoms with Gasteiger partial charge < -0.3 is 16.2 Å². The number of nitro groups is 1. The second-order valence-electron chi connectivity index (χ2n) is 3.17. The molecule has 1 aromatic rings. The van der Waals surface area contributed by atoms with Gasteiger partial charge in [-0.15, -0.1) is 0 Å². The van der Waals surface area contributed by atoms with Crippen LogP contribution in [0.2, 0.25) is 0 Å². The molecule has 0 heterocycles. The molecule has 0 spiro atoms. The monoisotopic (exact) mass is 303 g/mol. The standard InChI is InChI=1S/C9H10BrN3O4/c10-8-6(13(15)16)2-1-3-7(8)17-4-5(11)9(12)14/h1-3,5H,4,11H2,(H2,12,14). The first-order valence-corrected chi connectivity index (χ1v) is 5.33. The maximum atomic E-state index is 10.7. The first-order chi connectivity index (χ1) is 7.93. The molecule has 0 bridgehead atoms. The molecule has 4 N–H and O–H groups in total. The number of benzene rings is 1. The minimum Gasteiger partial charge on any atom is -0.490 e. The van der Waals surface area contributed by atoms with Crippen LogP contribution in [-0.2, 0) is 4.79 Å². The minimum absolute atomic E-state index is 0.129. The van der Waals surface area contributed by atoms with E-state index in [9.17, 15) is 14.9 Å². The molecule has 1 atom stereocenters. The Morgan fingerprint density at radius 1 is 1.59 bits per heavy atom. The van der Waals surface area contributed by atoms with Crippen molar-refractivity contribution in [1.29, 1.82) is 0 Å². The molecule has 0 aromatic heterocycles. The van der Waals surface area contributed by atoms with Gasteiger partial charge in [-0.2, -0.15) is 0 Å². The van der Waals surface area contributed by atoms with Crippen molar-refractivity contribution in [1.82, 2.24) is 0 Å². The van der Waals surface area contributed by atoms with Gasteiger partial charge in [0.05, 0.1) is 4.92 Å². The van der Waals surface area contributed by atoms with Crippen molar-refractivity contribution in [2.24, 2.45) is 11.5 Å². The smallest absolute Gasteiger partial charge is 0.287 e. The van der Waals surface area contributed by atoms with Crippen LogP contribution in [-0.4, -0.2) is 23.5 Å². The van der Waals surface area contributed by atoms with Crippen LogP contribution in [0.5, 0.6) is 5.75 Å². The van der Waals surface area contributed by atoms with Gasteiger partial charge in [0.25, 0.3) is 5.69 Å². The van der Waals surface area contributed by atoms with Crippen molar-refractivity contribution in [3.63, 3.8) is 0 Å². The highest BCUT2D eigenvalue weighted by atomic mass is 79.9. The highest BCUT2D eigenvalue weighted by molar-refractivity contribution is 9.10. The maximum absolute atomic E-state index is 10.7. The molecule has 92 valence electrons. The molecular formula is C9H10BrN3O4. The van der Waals surface area contributed by atoms with E-state index >= 15 is 0 Å². The molecule has 0 aliphatic heterocycles. The number of nitrogens with zero attached hydrogens (tertiary/aromatic N) is 1. The highest BCUT2D eigenvalue weighted by Gasteiger charge is 2.17. The SMILES string of the molecule is NC(=O)C(N)COc1cccc([N+](=O)[O-])c1Br. The summed E-state index contributed by atoms with van der Waals surface area (Å²) in [6.45, 7) is -0.144. The number of ether oxygens (including phenoxy) is 1. The van der Waals surface area contributed by atoms with Crippen molar-refractivity contribution in [3.8, 4) is 5.75 Å². The molecule has 0 radical (unpaired) electrons. The van der Waals surface area contributed by atoms with E-state index in [-0.39, 0.29) is 22.5 Å². The lowest BCUT2D eigenvalue weighted by Gasteiger charge is -2.11. The summed E-state index contributed by atoms with van der Waals surface area (Å²) in [5.74, 6) is -0.470. The lowest BCUT2D eigenvalue weighted by atomic mass is 10.3. The summed E-state index contributed by atoms with van der Waals surface area (Å²) in [6.07, 6.45) is 0. The average Bonchev–Trinajstić information content (AvgIpc) is 2.26. The summed E-state index contributed by atoms with van der Waals surface area (Å²) < 4.78 is 5.37. The Labute approximate surface area is 105 Å². The molecule has 1 amide bonds. The topological polar surface area (TPSA) is 121 Å². The number of carbonyl (C=O) groups excluding carboxylic acids is 1. The van der Waals surface area contributed by atoms with Gasteiger partial charge in [-0.05, 0) is 22.0 Å². The quantitative estimate of drug-likeness (QED) is 0.607. The predicted molar refractivity (Wildman–Crippen MR) is 63.5 cm³/mol. The maximum Gasteiger partial charge on any atom is 0.287 e. The van der Waals surface area contributed by atoms with E-state index in [2.05, 4.69) is 15.9 Å². The second kappa shape index (κ2) is 5.60. The average molecular weight is 304 g/mol. The van der Waals surface area contributed by atoms with E-state index < -0.39 is 16.9 Å². The van der Waals surface area contributed by atoms with Crippen LogP contribution in [0.15, 0.2) is 22.7 Å². The third-order valence-electron chi connectivity index (χ3n) is 1.92. The van der Waals surface area contributed by atoms with Gasteiger partial charge in [0.15, 0.2) is 0 Å². The van der Waals surface area contributed by atoms with E-state index in [1.165, 1.54) is 18.2 Å². The molecule has 0 fully saturated rings. The summed E-state index contributed by atoms with van der Waals surface area (Å²) in [5.41, 5.74) is 10.2. The van der Waals surface area contributed by atoms with Crippen LogP contribution in [0.4, 0.5) is 5.69 Å². The van der Waals surface area contributed by atoms with Gasteiger partial charge in [0.2, 0.25) is 5.91 Å². The predicted octanol–water partition coefficient (Wildman–Crippen LogP) is 0.549. The normalized spacial score (nSPS) is 11.9. The summed E-state index contributed by atoms with van der Waals surface area (Å²) in [5, 5.41) is 10.6. The molecule has 0 aliphatic carbocycles. The second-order valence-corrected chi connectivity index (χ2v) is 3.96. The van der Waals surface area contributed by atoms with Crippen LogP contribution < -0.4 is 16.2 Å². The van der Waals surface area contributed by atoms with Crippen molar-refractivity contribution in [2.75, 3.05) is 6.61 Å². The van der Waals surface area contributed by atoms with Gasteiger partial charge >= 0.3 is 0 Å². The summed E-state index contributed by atoms with van der Waals surface area (Å²) in [4.78, 5) is 20.8. The Morgan fingerprint density at radius 3 is 2.76 bits per heavy atom. The van der Waals surface area contributed by atoms with E-state index in [1.807, 2.05) is 0 Å². The Balaban J connectivity index is 2.82. The summed E-state index contributed by atoms with van der Waals surface area (Å²) in [6, 6.07) is 3.35. The number of carbonyl (C=O) groups is 1. The number of hydrogen-bond acceptors (Lipinski definition) is 5. The molecule has 0 saturated heterocycles. The van der Waals surface area contributed by atoms with Gasteiger partial charge in [-0.25, -0.2) is 0 Å². The summed E-state index contributed by atoms with van der Waals surface area (Å²) >= 11 is 3.05. The highest BCUT2D eigenvalue weighted by Crippen LogP contribution is 2.33. The number of rotatable bonds is 5. The zero-order valence-corrected chi connectivity index (χ0v) is 10.2. The van der Waals surface area contributed by atoms with Crippen LogP contribution >= 0.6 is 15.9 Å². The number of amides is 1. The van der Waals surface area contributed by atoms with Gasteiger partial charge in [-0.3, -0.25) is 14.9 Å². The Hall–Kier alpha value is -1.67. The molecule has 0 aliphatic rings. The molecule has 7 nitrogen and oxygen atoms in total. The third-order valence-corrected chi connectivity index (χ3v) is 2.72. The van der Waals surface area contributed by atoms with Gasteiger partial charge in [0.1, 0.15) is 22.9 Å². The first-order valence-electron chi connectivity index (χ1n) is 4.54. The number of nitrogens with two attached hydrogens (primary N) is 2. The molecule has 8 heteroatoms. The van der Waals surface area contributed by atoms with E-state index in [0.29, 0.717) is 0 Å². The van der Waals surface area contributed by atoms with Crippen molar-refractivity contribution < 1.29 is 14.5 Å². The largest absolute Gasteiger partial charge is 0.490 e. The lowest BCUT2D eigenvalue weighted by molar-refractivity contribution is -0.385. The van der Waals surface area contributed by atoms with Gasteiger partial charge in [-0.1, -0.05) is 6.07 Å². The summed E-state index contributed by atoms with van der Waals surface area (Å²) in [7, 11) is 0. The number of primary amides is 1. The zero-order chi connectivity index (χ0) is 13.0. The Bertz CT molecular complexity index is 452. The van der Waals surface area contributed by atoms with Crippen molar-refractivity contribution >= 4 is 27.5 Å². The van der Waals surface area contributed by atoms with E-state index in [1.54, 1.807) is 0 Å². The fourth-order valence-corrected chi connectivity index (χ4v) is 1.54. The molecular weight excluding hydrogens is 294 g/mol. The first kappa shape index (κ1) is 13.4. The zero-order valence-electron chi connectivity index (χ0n) is 8.63. The van der Waals surface area contributed by atoms with Crippen LogP contribution in [0.1, 0.15) is 0 Å². The Kier molecular flexibility index (Phi) is 4.41. The third kappa shape index (κ3) is 3.40. The number of halogens is 1. The molecule has 1 unspecified atom stereocenters. The lowest BCUT2D eigenvalue weighted by Crippen LogP contribution is -2.41. The van der Waals surface area contributed by atoms with Crippen LogP contribution in [0, 0.1) is 10.1 Å². The molecule has 1 rings (SSSR count). The fraction of sp³-hybridized carbons (Fsp3) is 0.222.